The van der Waals surface area contributed by atoms with Crippen LogP contribution in [-0.4, -0.2) is 15.2 Å². The summed E-state index contributed by atoms with van der Waals surface area (Å²) in [6.45, 7) is 23.0. The van der Waals surface area contributed by atoms with E-state index in [1.165, 1.54) is 38.5 Å². The van der Waals surface area contributed by atoms with Gasteiger partial charge < -0.3 is 0 Å². The van der Waals surface area contributed by atoms with E-state index >= 15 is 0 Å². The summed E-state index contributed by atoms with van der Waals surface area (Å²) < 4.78 is 0. The van der Waals surface area contributed by atoms with Crippen LogP contribution in [0.4, 0.5) is 0 Å². The van der Waals surface area contributed by atoms with Crippen LogP contribution in [0.25, 0.3) is 0 Å². The van der Waals surface area contributed by atoms with Crippen LogP contribution in [0.15, 0.2) is 0 Å². The average Bonchev–Trinajstić information content (AvgIpc) is 2.32. The summed E-state index contributed by atoms with van der Waals surface area (Å²) >= 11 is 0. The zero-order chi connectivity index (χ0) is 16.0. The first-order valence-electron chi connectivity index (χ1n) is 9.00. The number of unbranched alkanes of at least 4 members (excludes halogenated alkanes) is 5. The Morgan fingerprint density at radius 3 is 1.70 bits per heavy atom. The van der Waals surface area contributed by atoms with E-state index in [1.54, 1.807) is 6.04 Å². The summed E-state index contributed by atoms with van der Waals surface area (Å²) in [6.07, 6.45) is 8.69. The van der Waals surface area contributed by atoms with E-state index < -0.39 is 15.2 Å². The van der Waals surface area contributed by atoms with Crippen LogP contribution in [-0.2, 0) is 0 Å². The highest BCUT2D eigenvalue weighted by Gasteiger charge is 2.51. The van der Waals surface area contributed by atoms with Crippen molar-refractivity contribution in [2.24, 2.45) is 5.92 Å². The van der Waals surface area contributed by atoms with E-state index in [0.29, 0.717) is 5.04 Å². The Bertz CT molecular complexity index is 265. The highest BCUT2D eigenvalue weighted by Crippen LogP contribution is 2.49. The molecule has 0 heterocycles. The molecule has 0 aromatic carbocycles. The van der Waals surface area contributed by atoms with Gasteiger partial charge in [0.15, 0.2) is 0 Å². The van der Waals surface area contributed by atoms with Gasteiger partial charge in [0.2, 0.25) is 0 Å². The summed E-state index contributed by atoms with van der Waals surface area (Å²) in [5.41, 5.74) is 0. The lowest BCUT2D eigenvalue weighted by atomic mass is 9.99. The van der Waals surface area contributed by atoms with Gasteiger partial charge in [0.05, 0.1) is 0 Å². The summed E-state index contributed by atoms with van der Waals surface area (Å²) in [6, 6.07) is 1.56. The maximum atomic E-state index is 2.69. The van der Waals surface area contributed by atoms with Crippen molar-refractivity contribution in [3.8, 4) is 0 Å². The van der Waals surface area contributed by atoms with Crippen LogP contribution in [0.5, 0.6) is 0 Å². The van der Waals surface area contributed by atoms with Gasteiger partial charge in [-0.05, 0) is 11.0 Å². The maximum Gasteiger partial charge on any atom is 0.0471 e. The Morgan fingerprint density at radius 2 is 1.25 bits per heavy atom. The lowest BCUT2D eigenvalue weighted by molar-refractivity contribution is 0.463. The number of rotatable bonds is 10. The molecular formula is C18H42Si2. The Morgan fingerprint density at radius 1 is 0.800 bits per heavy atom. The fraction of sp³-hybridized carbons (Fsp3) is 1.00. The van der Waals surface area contributed by atoms with Gasteiger partial charge in [-0.2, -0.15) is 0 Å². The standard InChI is InChI=1S/C18H42Si2/c1-10-11-12-13-14-15-16-19(6,7)20(8,9)18(4,5)17(2)3/h17H,10-16H2,1-9H3. The molecule has 0 unspecified atom stereocenters. The molecule has 0 aliphatic heterocycles. The molecule has 0 aliphatic carbocycles. The highest BCUT2D eigenvalue weighted by molar-refractivity contribution is 7.41. The maximum absolute atomic E-state index is 2.69. The van der Waals surface area contributed by atoms with Crippen molar-refractivity contribution in [2.75, 3.05) is 0 Å². The van der Waals surface area contributed by atoms with E-state index in [2.05, 4.69) is 60.8 Å². The molecule has 0 saturated heterocycles. The zero-order valence-corrected chi connectivity index (χ0v) is 18.0. The molecule has 0 bridgehead atoms. The Hall–Kier alpha value is 0.434. The monoisotopic (exact) mass is 314 g/mol. The molecule has 0 amide bonds. The van der Waals surface area contributed by atoms with Gasteiger partial charge in [-0.25, -0.2) is 0 Å². The predicted octanol–water partition coefficient (Wildman–Crippen LogP) is 7.28. The van der Waals surface area contributed by atoms with E-state index in [4.69, 9.17) is 0 Å². The molecule has 2 heteroatoms. The van der Waals surface area contributed by atoms with Crippen molar-refractivity contribution in [3.05, 3.63) is 0 Å². The third-order valence-corrected chi connectivity index (χ3v) is 28.5. The third-order valence-electron chi connectivity index (χ3n) is 6.90. The van der Waals surface area contributed by atoms with Gasteiger partial charge >= 0.3 is 0 Å². The molecule has 0 nitrogen and oxygen atoms in total. The predicted molar refractivity (Wildman–Crippen MR) is 102 cm³/mol. The molecule has 0 rings (SSSR count). The van der Waals surface area contributed by atoms with Crippen LogP contribution >= 0.6 is 0 Å². The van der Waals surface area contributed by atoms with Gasteiger partial charge in [0.25, 0.3) is 0 Å². The fourth-order valence-electron chi connectivity index (χ4n) is 3.25. The molecule has 0 aliphatic rings. The largest absolute Gasteiger partial charge is 0.0713 e. The first-order chi connectivity index (χ1) is 9.00. The minimum absolute atomic E-state index is 0.574. The topological polar surface area (TPSA) is 0 Å². The molecule has 0 radical (unpaired) electrons. The first kappa shape index (κ1) is 20.4. The van der Waals surface area contributed by atoms with Crippen molar-refractivity contribution >= 4 is 15.2 Å². The Kier molecular flexibility index (Phi) is 8.35. The second-order valence-electron chi connectivity index (χ2n) is 8.90. The number of hydrogen-bond donors (Lipinski definition) is 0. The zero-order valence-electron chi connectivity index (χ0n) is 16.0. The second-order valence-corrected chi connectivity index (χ2v) is 25.5. The average molecular weight is 315 g/mol. The third kappa shape index (κ3) is 5.01. The SMILES string of the molecule is CCCCCCCC[Si](C)(C)[Si](C)(C)C(C)(C)C(C)C. The van der Waals surface area contributed by atoms with Gasteiger partial charge in [-0.1, -0.05) is 105 Å². The van der Waals surface area contributed by atoms with Crippen LogP contribution < -0.4 is 0 Å². The van der Waals surface area contributed by atoms with Crippen molar-refractivity contribution < 1.29 is 0 Å². The molecule has 20 heavy (non-hydrogen) atoms. The molecule has 0 saturated carbocycles. The molecule has 0 spiro atoms. The second kappa shape index (κ2) is 8.17. The van der Waals surface area contributed by atoms with Crippen LogP contribution in [0, 0.1) is 5.92 Å². The Labute approximate surface area is 131 Å². The molecule has 0 fully saturated rings. The van der Waals surface area contributed by atoms with Gasteiger partial charge in [-0.3, -0.25) is 0 Å². The fourth-order valence-corrected chi connectivity index (χ4v) is 16.7. The Balaban J connectivity index is 4.47. The molecule has 0 atom stereocenters. The van der Waals surface area contributed by atoms with E-state index in [1.807, 2.05) is 0 Å². The van der Waals surface area contributed by atoms with Crippen molar-refractivity contribution in [3.63, 3.8) is 0 Å². The molecule has 0 aromatic heterocycles. The van der Waals surface area contributed by atoms with Crippen LogP contribution in [0.2, 0.25) is 37.3 Å². The molecule has 0 N–H and O–H groups in total. The lowest BCUT2D eigenvalue weighted by Crippen LogP contribution is -2.62. The van der Waals surface area contributed by atoms with Crippen molar-refractivity contribution in [2.45, 2.75) is 110 Å². The summed E-state index contributed by atoms with van der Waals surface area (Å²) in [5, 5.41) is 0.574. The summed E-state index contributed by atoms with van der Waals surface area (Å²) in [7, 11) is -2.22. The van der Waals surface area contributed by atoms with Crippen LogP contribution in [0.3, 0.4) is 0 Å². The molecular weight excluding hydrogens is 272 g/mol. The lowest BCUT2D eigenvalue weighted by Gasteiger charge is -2.52. The van der Waals surface area contributed by atoms with Gasteiger partial charge in [0, 0.05) is 15.2 Å². The smallest absolute Gasteiger partial charge is 0.0471 e. The normalized spacial score (nSPS) is 14.1. The quantitative estimate of drug-likeness (QED) is 0.293. The first-order valence-corrected chi connectivity index (χ1v) is 16.2. The van der Waals surface area contributed by atoms with E-state index in [-0.39, 0.29) is 0 Å². The highest BCUT2D eigenvalue weighted by atomic mass is 29.3. The van der Waals surface area contributed by atoms with Crippen molar-refractivity contribution in [1.82, 2.24) is 0 Å². The van der Waals surface area contributed by atoms with Gasteiger partial charge in [0.1, 0.15) is 0 Å². The van der Waals surface area contributed by atoms with Gasteiger partial charge in [-0.15, -0.1) is 0 Å². The van der Waals surface area contributed by atoms with E-state index in [0.717, 1.165) is 5.92 Å². The minimum atomic E-state index is -1.16. The summed E-state index contributed by atoms with van der Waals surface area (Å²) in [5.74, 6) is 0.820. The number of hydrogen-bond acceptors (Lipinski definition) is 0. The molecule has 0 aromatic rings. The van der Waals surface area contributed by atoms with Crippen LogP contribution in [0.1, 0.15) is 73.1 Å². The minimum Gasteiger partial charge on any atom is -0.0713 e. The van der Waals surface area contributed by atoms with Crippen molar-refractivity contribution in [1.29, 1.82) is 0 Å². The molecule has 122 valence electrons. The summed E-state index contributed by atoms with van der Waals surface area (Å²) in [4.78, 5) is 0. The van der Waals surface area contributed by atoms with E-state index in [9.17, 15) is 0 Å².